The normalized spacial score (nSPS) is 35.9. The minimum Gasteiger partial charge on any atom is -0.313 e. The summed E-state index contributed by atoms with van der Waals surface area (Å²) >= 11 is 0. The Morgan fingerprint density at radius 2 is 1.23 bits per heavy atom. The highest BCUT2D eigenvalue weighted by Gasteiger charge is 2.55. The molecule has 0 radical (unpaired) electrons. The Morgan fingerprint density at radius 3 is 1.72 bits per heavy atom. The molecule has 4 heteroatoms. The number of nitrogens with one attached hydrogen (secondary N) is 2. The predicted octanol–water partition coefficient (Wildman–Crippen LogP) is 10.2. The third kappa shape index (κ3) is 6.19. The van der Waals surface area contributed by atoms with Crippen molar-refractivity contribution < 1.29 is 0 Å². The molecule has 5 aliphatic carbocycles. The van der Waals surface area contributed by atoms with Gasteiger partial charge in [0.2, 0.25) is 0 Å². The van der Waals surface area contributed by atoms with Crippen molar-refractivity contribution in [3.63, 3.8) is 0 Å². The van der Waals surface area contributed by atoms with Crippen molar-refractivity contribution in [3.05, 3.63) is 83.4 Å². The van der Waals surface area contributed by atoms with E-state index in [1.165, 1.54) is 87.1 Å². The van der Waals surface area contributed by atoms with Crippen LogP contribution in [0.5, 0.6) is 0 Å². The Balaban J connectivity index is 1.29. The van der Waals surface area contributed by atoms with Crippen LogP contribution < -0.4 is 10.6 Å². The van der Waals surface area contributed by atoms with Crippen LogP contribution in [-0.2, 0) is 0 Å². The van der Waals surface area contributed by atoms with Crippen LogP contribution in [0.25, 0.3) is 11.1 Å². The van der Waals surface area contributed by atoms with Crippen LogP contribution in [0.4, 0.5) is 0 Å². The minimum absolute atomic E-state index is 0.00891. The number of rotatable bonds is 8. The van der Waals surface area contributed by atoms with E-state index < -0.39 is 0 Å². The van der Waals surface area contributed by atoms with E-state index in [1.54, 1.807) is 17.6 Å². The number of hydrogen-bond donors (Lipinski definition) is 2. The van der Waals surface area contributed by atoms with Gasteiger partial charge in [-0.15, -0.1) is 9.24 Å². The maximum Gasteiger partial charge on any atom is 0.0371 e. The fourth-order valence-corrected chi connectivity index (χ4v) is 16.6. The van der Waals surface area contributed by atoms with E-state index in [2.05, 4.69) is 107 Å². The summed E-state index contributed by atoms with van der Waals surface area (Å²) in [5.74, 6) is 4.46. The number of piperidine rings is 2. The van der Waals surface area contributed by atoms with E-state index in [4.69, 9.17) is 0 Å². The van der Waals surface area contributed by atoms with Gasteiger partial charge in [-0.05, 0) is 139 Å². The number of hydrogen-bond acceptors (Lipinski definition) is 2. The van der Waals surface area contributed by atoms with Gasteiger partial charge in [-0.25, -0.2) is 0 Å². The number of benzene rings is 2. The molecule has 2 aliphatic heterocycles. The summed E-state index contributed by atoms with van der Waals surface area (Å²) in [7, 11) is 3.42. The molecule has 7 aliphatic rings. The maximum absolute atomic E-state index is 4.14. The molecular formula is C43H60N2P2. The summed E-state index contributed by atoms with van der Waals surface area (Å²) in [4.78, 5) is 0. The lowest BCUT2D eigenvalue weighted by atomic mass is 9.56. The predicted molar refractivity (Wildman–Crippen MR) is 207 cm³/mol. The van der Waals surface area contributed by atoms with E-state index in [-0.39, 0.29) is 13.1 Å². The Bertz CT molecular complexity index is 1400. The van der Waals surface area contributed by atoms with Crippen molar-refractivity contribution in [2.75, 3.05) is 19.3 Å². The van der Waals surface area contributed by atoms with Gasteiger partial charge in [-0.1, -0.05) is 108 Å². The molecule has 5 unspecified atom stereocenters. The van der Waals surface area contributed by atoms with Crippen LogP contribution in [0.2, 0.25) is 0 Å². The molecule has 2 aromatic carbocycles. The summed E-state index contributed by atoms with van der Waals surface area (Å²) in [6.45, 7) is 10.2. The summed E-state index contributed by atoms with van der Waals surface area (Å²) in [6.07, 6.45) is 19.6. The van der Waals surface area contributed by atoms with Crippen molar-refractivity contribution in [1.29, 1.82) is 0 Å². The van der Waals surface area contributed by atoms with Crippen LogP contribution >= 0.6 is 17.2 Å². The molecule has 0 aromatic heterocycles. The smallest absolute Gasteiger partial charge is 0.0371 e. The third-order valence-corrected chi connectivity index (χ3v) is 18.7. The first kappa shape index (κ1) is 32.9. The largest absolute Gasteiger partial charge is 0.313 e. The molecule has 252 valence electrons. The Labute approximate surface area is 289 Å². The maximum atomic E-state index is 4.14. The fourth-order valence-electron chi connectivity index (χ4n) is 11.7. The zero-order chi connectivity index (χ0) is 32.2. The van der Waals surface area contributed by atoms with Crippen molar-refractivity contribution in [2.45, 2.75) is 119 Å². The average Bonchev–Trinajstić information content (AvgIpc) is 3.48. The second-order valence-electron chi connectivity index (χ2n) is 17.4. The Kier molecular flexibility index (Phi) is 9.40. The molecule has 5 atom stereocenters. The van der Waals surface area contributed by atoms with Gasteiger partial charge in [-0.3, -0.25) is 0 Å². The molecule has 0 amide bonds. The second kappa shape index (κ2) is 13.4. The van der Waals surface area contributed by atoms with Crippen molar-refractivity contribution in [1.82, 2.24) is 10.6 Å². The Morgan fingerprint density at radius 1 is 0.702 bits per heavy atom. The summed E-state index contributed by atoms with van der Waals surface area (Å²) < 4.78 is 0. The fraction of sp³-hybridized carbons (Fsp3) is 0.628. The van der Waals surface area contributed by atoms with Gasteiger partial charge < -0.3 is 10.6 Å². The molecule has 4 saturated carbocycles. The van der Waals surface area contributed by atoms with Crippen molar-refractivity contribution in [2.24, 2.45) is 29.6 Å². The topological polar surface area (TPSA) is 24.1 Å². The minimum atomic E-state index is -0.201. The first-order chi connectivity index (χ1) is 22.8. The summed E-state index contributed by atoms with van der Waals surface area (Å²) in [6, 6.07) is 24.0. The zero-order valence-electron chi connectivity index (χ0n) is 29.4. The average molecular weight is 667 g/mol. The molecule has 2 aromatic rings. The Hall–Kier alpha value is -1.30. The lowest BCUT2D eigenvalue weighted by Crippen LogP contribution is -2.62. The SMILES string of the molecule is CC(C)(C)P(CC1C(C(P)(C2CCCCN2)C2CCCCN2)=CC(c2ccccc2)=C1c1ccccc1)C1C2CC3CC(C2)CC1C3. The van der Waals surface area contributed by atoms with Gasteiger partial charge in [-0.2, -0.15) is 0 Å². The summed E-state index contributed by atoms with van der Waals surface area (Å²) in [5, 5.41) is 8.61. The van der Waals surface area contributed by atoms with Gasteiger partial charge in [0.05, 0.1) is 0 Å². The van der Waals surface area contributed by atoms with Crippen molar-refractivity contribution >= 4 is 28.3 Å². The quantitative estimate of drug-likeness (QED) is 0.274. The first-order valence-corrected chi connectivity index (χ1v) is 21.6. The van der Waals surface area contributed by atoms with E-state index in [0.29, 0.717) is 23.2 Å². The van der Waals surface area contributed by atoms with Gasteiger partial charge in [0.15, 0.2) is 0 Å². The zero-order valence-corrected chi connectivity index (χ0v) is 31.4. The lowest BCUT2D eigenvalue weighted by molar-refractivity contribution is 0.0242. The molecule has 2 heterocycles. The van der Waals surface area contributed by atoms with Crippen LogP contribution in [-0.4, -0.2) is 47.3 Å². The van der Waals surface area contributed by atoms with E-state index >= 15 is 0 Å². The molecule has 47 heavy (non-hydrogen) atoms. The third-order valence-electron chi connectivity index (χ3n) is 13.5. The molecule has 0 spiro atoms. The number of allylic oxidation sites excluding steroid dienone is 3. The molecule has 6 fully saturated rings. The molecule has 9 rings (SSSR count). The molecule has 2 N–H and O–H groups in total. The highest BCUT2D eigenvalue weighted by molar-refractivity contribution is 7.60. The van der Waals surface area contributed by atoms with Crippen LogP contribution in [0.1, 0.15) is 103 Å². The van der Waals surface area contributed by atoms with Crippen molar-refractivity contribution in [3.8, 4) is 0 Å². The van der Waals surface area contributed by atoms with Crippen LogP contribution in [0, 0.1) is 29.6 Å². The van der Waals surface area contributed by atoms with Crippen LogP contribution in [0.3, 0.4) is 0 Å². The second-order valence-corrected chi connectivity index (χ2v) is 21.6. The van der Waals surface area contributed by atoms with Crippen LogP contribution in [0.15, 0.2) is 72.3 Å². The summed E-state index contributed by atoms with van der Waals surface area (Å²) in [5.41, 5.74) is 8.60. The van der Waals surface area contributed by atoms with Gasteiger partial charge in [0.25, 0.3) is 0 Å². The van der Waals surface area contributed by atoms with E-state index in [0.717, 1.165) is 42.4 Å². The molecular weight excluding hydrogens is 606 g/mol. The van der Waals surface area contributed by atoms with Gasteiger partial charge >= 0.3 is 0 Å². The highest BCUT2D eigenvalue weighted by Crippen LogP contribution is 2.69. The lowest BCUT2D eigenvalue weighted by Gasteiger charge is -2.59. The molecule has 2 saturated heterocycles. The first-order valence-electron chi connectivity index (χ1n) is 19.4. The van der Waals surface area contributed by atoms with Gasteiger partial charge in [0, 0.05) is 23.2 Å². The highest BCUT2D eigenvalue weighted by atomic mass is 31.1. The van der Waals surface area contributed by atoms with E-state index in [1.807, 2.05) is 0 Å². The monoisotopic (exact) mass is 666 g/mol. The molecule has 4 bridgehead atoms. The van der Waals surface area contributed by atoms with E-state index in [9.17, 15) is 0 Å². The standard InChI is InChI=1S/C43H60N2P2/c1-42(2,3)47(41-33-23-29-22-30(25-33)26-34(41)24-29)28-36-37(43(46,38-18-10-12-20-44-38)39-19-11-13-21-45-39)27-35(31-14-6-4-7-15-31)40(36)32-16-8-5-9-17-32/h4-9,14-17,27,29-30,33-34,36,38-39,41,44-45H,10-13,18-26,28,46H2,1-3H3. The molecule has 2 nitrogen and oxygen atoms in total. The van der Waals surface area contributed by atoms with Gasteiger partial charge in [0.1, 0.15) is 0 Å².